The van der Waals surface area contributed by atoms with Crippen LogP contribution in [0.4, 0.5) is 0 Å². The Morgan fingerprint density at radius 1 is 1.44 bits per heavy atom. The van der Waals surface area contributed by atoms with Gasteiger partial charge in [-0.1, -0.05) is 24.2 Å². The van der Waals surface area contributed by atoms with Crippen molar-refractivity contribution in [1.29, 1.82) is 0 Å². The normalized spacial score (nSPS) is 22.6. The van der Waals surface area contributed by atoms with E-state index in [0.717, 1.165) is 24.8 Å². The highest BCUT2D eigenvalue weighted by molar-refractivity contribution is 5.82. The minimum Gasteiger partial charge on any atom is -0.378 e. The standard InChI is InChI=1S/C18H22N4O3/c1-2-16-21-17(22-25-16)12-3-5-13-11(9-12)4-6-14(13)20-18(23)15-10-24-8-7-19-15/h3,5,9,14-15,19H,2,4,6-8,10H2,1H3,(H,20,23)/t14-,15-/m1/s1. The fraction of sp³-hybridized carbons (Fsp3) is 0.500. The molecule has 2 atom stereocenters. The van der Waals surface area contributed by atoms with Crippen molar-refractivity contribution < 1.29 is 14.1 Å². The number of aryl methyl sites for hydroxylation is 2. The van der Waals surface area contributed by atoms with Crippen molar-refractivity contribution in [2.45, 2.75) is 38.3 Å². The van der Waals surface area contributed by atoms with E-state index in [1.165, 1.54) is 11.1 Å². The number of nitrogens with zero attached hydrogens (tertiary/aromatic N) is 2. The van der Waals surface area contributed by atoms with Crippen molar-refractivity contribution in [2.24, 2.45) is 0 Å². The number of carbonyl (C=O) groups excluding carboxylic acids is 1. The Balaban J connectivity index is 1.48. The predicted octanol–water partition coefficient (Wildman–Crippen LogP) is 1.39. The minimum absolute atomic E-state index is 0.00684. The summed E-state index contributed by atoms with van der Waals surface area (Å²) in [7, 11) is 0. The van der Waals surface area contributed by atoms with Gasteiger partial charge in [0.05, 0.1) is 19.3 Å². The fourth-order valence-electron chi connectivity index (χ4n) is 3.43. The molecule has 1 aliphatic heterocycles. The monoisotopic (exact) mass is 342 g/mol. The predicted molar refractivity (Wildman–Crippen MR) is 90.9 cm³/mol. The Bertz CT molecular complexity index is 767. The van der Waals surface area contributed by atoms with Crippen LogP contribution in [-0.4, -0.2) is 41.8 Å². The van der Waals surface area contributed by atoms with Crippen LogP contribution in [0.25, 0.3) is 11.4 Å². The van der Waals surface area contributed by atoms with Crippen LogP contribution in [0.1, 0.15) is 36.4 Å². The second-order valence-electron chi connectivity index (χ2n) is 6.46. The molecule has 2 heterocycles. The van der Waals surface area contributed by atoms with Crippen molar-refractivity contribution in [2.75, 3.05) is 19.8 Å². The molecule has 2 N–H and O–H groups in total. The van der Waals surface area contributed by atoms with Crippen molar-refractivity contribution in [1.82, 2.24) is 20.8 Å². The number of rotatable bonds is 4. The Hall–Kier alpha value is -2.25. The third kappa shape index (κ3) is 3.29. The lowest BCUT2D eigenvalue weighted by Crippen LogP contribution is -2.51. The average Bonchev–Trinajstić information content (AvgIpc) is 3.29. The second-order valence-corrected chi connectivity index (χ2v) is 6.46. The molecule has 0 saturated carbocycles. The van der Waals surface area contributed by atoms with Crippen LogP contribution >= 0.6 is 0 Å². The zero-order valence-electron chi connectivity index (χ0n) is 14.2. The van der Waals surface area contributed by atoms with E-state index in [1.807, 2.05) is 13.0 Å². The first-order chi connectivity index (χ1) is 12.2. The summed E-state index contributed by atoms with van der Waals surface area (Å²) < 4.78 is 10.6. The zero-order valence-corrected chi connectivity index (χ0v) is 14.2. The lowest BCUT2D eigenvalue weighted by atomic mass is 10.0. The summed E-state index contributed by atoms with van der Waals surface area (Å²) in [6.45, 7) is 3.79. The molecular formula is C18H22N4O3. The largest absolute Gasteiger partial charge is 0.378 e. The van der Waals surface area contributed by atoms with Crippen molar-refractivity contribution in [3.63, 3.8) is 0 Å². The lowest BCUT2D eigenvalue weighted by molar-refractivity contribution is -0.126. The Labute approximate surface area is 146 Å². The van der Waals surface area contributed by atoms with E-state index in [9.17, 15) is 4.79 Å². The molecule has 25 heavy (non-hydrogen) atoms. The number of fused-ring (bicyclic) bond motifs is 1. The van der Waals surface area contributed by atoms with Gasteiger partial charge in [-0.15, -0.1) is 0 Å². The van der Waals surface area contributed by atoms with Crippen LogP contribution in [0.2, 0.25) is 0 Å². The molecule has 4 rings (SSSR count). The minimum atomic E-state index is -0.260. The number of hydrogen-bond acceptors (Lipinski definition) is 6. The summed E-state index contributed by atoms with van der Waals surface area (Å²) >= 11 is 0. The Kier molecular flexibility index (Phi) is 4.50. The summed E-state index contributed by atoms with van der Waals surface area (Å²) in [5, 5.41) is 10.4. The van der Waals surface area contributed by atoms with E-state index in [-0.39, 0.29) is 18.0 Å². The van der Waals surface area contributed by atoms with E-state index in [0.29, 0.717) is 31.5 Å². The number of morpholine rings is 1. The first-order valence-electron chi connectivity index (χ1n) is 8.82. The first-order valence-corrected chi connectivity index (χ1v) is 8.82. The molecule has 0 spiro atoms. The molecule has 2 aliphatic rings. The van der Waals surface area contributed by atoms with Gasteiger partial charge in [-0.05, 0) is 30.0 Å². The molecule has 132 valence electrons. The molecule has 1 saturated heterocycles. The van der Waals surface area contributed by atoms with E-state index in [2.05, 4.69) is 32.9 Å². The molecule has 1 aromatic heterocycles. The number of carbonyl (C=O) groups is 1. The molecule has 2 aromatic rings. The molecule has 1 fully saturated rings. The highest BCUT2D eigenvalue weighted by Crippen LogP contribution is 2.33. The van der Waals surface area contributed by atoms with Crippen molar-refractivity contribution in [3.05, 3.63) is 35.2 Å². The maximum atomic E-state index is 12.4. The number of aromatic nitrogens is 2. The van der Waals surface area contributed by atoms with Gasteiger partial charge in [0.1, 0.15) is 6.04 Å². The maximum Gasteiger partial charge on any atom is 0.240 e. The van der Waals surface area contributed by atoms with Gasteiger partial charge in [-0.25, -0.2) is 0 Å². The quantitative estimate of drug-likeness (QED) is 0.873. The highest BCUT2D eigenvalue weighted by atomic mass is 16.5. The van der Waals surface area contributed by atoms with Gasteiger partial charge in [0.25, 0.3) is 0 Å². The fourth-order valence-corrected chi connectivity index (χ4v) is 3.43. The highest BCUT2D eigenvalue weighted by Gasteiger charge is 2.28. The van der Waals surface area contributed by atoms with Crippen LogP contribution in [0.3, 0.4) is 0 Å². The zero-order chi connectivity index (χ0) is 17.2. The number of amides is 1. The van der Waals surface area contributed by atoms with Crippen LogP contribution in [0.5, 0.6) is 0 Å². The number of nitrogens with one attached hydrogen (secondary N) is 2. The van der Waals surface area contributed by atoms with Gasteiger partial charge in [0, 0.05) is 18.5 Å². The third-order valence-electron chi connectivity index (χ3n) is 4.80. The van der Waals surface area contributed by atoms with E-state index < -0.39 is 0 Å². The summed E-state index contributed by atoms with van der Waals surface area (Å²) in [5.74, 6) is 1.27. The first kappa shape index (κ1) is 16.2. The van der Waals surface area contributed by atoms with Gasteiger partial charge >= 0.3 is 0 Å². The lowest BCUT2D eigenvalue weighted by Gasteiger charge is -2.25. The molecule has 1 aliphatic carbocycles. The van der Waals surface area contributed by atoms with Crippen LogP contribution in [0.15, 0.2) is 22.7 Å². The van der Waals surface area contributed by atoms with Crippen molar-refractivity contribution in [3.8, 4) is 11.4 Å². The molecule has 7 heteroatoms. The van der Waals surface area contributed by atoms with Gasteiger partial charge in [0.2, 0.25) is 17.6 Å². The Morgan fingerprint density at radius 2 is 2.36 bits per heavy atom. The molecular weight excluding hydrogens is 320 g/mol. The van der Waals surface area contributed by atoms with Gasteiger partial charge < -0.3 is 19.9 Å². The smallest absolute Gasteiger partial charge is 0.240 e. The van der Waals surface area contributed by atoms with E-state index in [4.69, 9.17) is 9.26 Å². The average molecular weight is 342 g/mol. The summed E-state index contributed by atoms with van der Waals surface area (Å²) in [6.07, 6.45) is 2.57. The van der Waals surface area contributed by atoms with Crippen LogP contribution in [-0.2, 0) is 22.4 Å². The van der Waals surface area contributed by atoms with Crippen LogP contribution in [0, 0.1) is 0 Å². The summed E-state index contributed by atoms with van der Waals surface area (Å²) in [4.78, 5) is 16.8. The molecule has 1 aromatic carbocycles. The third-order valence-corrected chi connectivity index (χ3v) is 4.80. The topological polar surface area (TPSA) is 89.3 Å². The summed E-state index contributed by atoms with van der Waals surface area (Å²) in [5.41, 5.74) is 3.36. The summed E-state index contributed by atoms with van der Waals surface area (Å²) in [6, 6.07) is 5.96. The molecule has 1 amide bonds. The van der Waals surface area contributed by atoms with E-state index >= 15 is 0 Å². The molecule has 0 radical (unpaired) electrons. The number of benzene rings is 1. The second kappa shape index (κ2) is 6.93. The number of ether oxygens (including phenoxy) is 1. The van der Waals surface area contributed by atoms with Gasteiger partial charge in [-0.3, -0.25) is 4.79 Å². The van der Waals surface area contributed by atoms with Gasteiger partial charge in [-0.2, -0.15) is 4.98 Å². The Morgan fingerprint density at radius 3 is 3.12 bits per heavy atom. The number of hydrogen-bond donors (Lipinski definition) is 2. The van der Waals surface area contributed by atoms with Gasteiger partial charge in [0.15, 0.2) is 0 Å². The molecule has 7 nitrogen and oxygen atoms in total. The SMILES string of the molecule is CCc1nc(-c2ccc3c(c2)CC[C@H]3NC(=O)[C@H]2COCCN2)no1. The van der Waals surface area contributed by atoms with Crippen LogP contribution < -0.4 is 10.6 Å². The molecule has 0 bridgehead atoms. The molecule has 0 unspecified atom stereocenters. The van der Waals surface area contributed by atoms with Crippen molar-refractivity contribution >= 4 is 5.91 Å². The van der Waals surface area contributed by atoms with E-state index in [1.54, 1.807) is 0 Å². The maximum absolute atomic E-state index is 12.4.